The lowest BCUT2D eigenvalue weighted by atomic mass is 9.93. The van der Waals surface area contributed by atoms with Crippen molar-refractivity contribution in [2.75, 3.05) is 12.3 Å². The number of fused-ring (bicyclic) bond motifs is 1. The second-order valence-corrected chi connectivity index (χ2v) is 7.90. The van der Waals surface area contributed by atoms with Crippen LogP contribution in [-0.2, 0) is 16.0 Å². The quantitative estimate of drug-likeness (QED) is 0.518. The molecule has 0 unspecified atom stereocenters. The molecular formula is C19H28N4O4. The van der Waals surface area contributed by atoms with Gasteiger partial charge in [0.25, 0.3) is 0 Å². The van der Waals surface area contributed by atoms with Crippen LogP contribution in [0.25, 0.3) is 5.57 Å². The molecule has 27 heavy (non-hydrogen) atoms. The standard InChI is InChI=1S/C19H28N4O4/c1-9(2)5-14(20)19(26)27-7-10-6-13(17(25)16(10)24)11-3-4-12-15(11)22-8-23-18(12)21/h3,8-10,13-14,16-17,24-25H,4-7,20H2,1-2H3,(H2,21,22,23)/t10-,13+,14+,16-,17+/m1/s1. The summed E-state index contributed by atoms with van der Waals surface area (Å²) >= 11 is 0. The number of carbonyl (C=O) groups is 1. The van der Waals surface area contributed by atoms with Gasteiger partial charge in [0, 0.05) is 17.4 Å². The number of aliphatic hydroxyl groups excluding tert-OH is 2. The molecule has 0 radical (unpaired) electrons. The topological polar surface area (TPSA) is 145 Å². The first kappa shape index (κ1) is 19.7. The molecule has 0 bridgehead atoms. The van der Waals surface area contributed by atoms with Gasteiger partial charge in [-0.15, -0.1) is 0 Å². The zero-order chi connectivity index (χ0) is 19.7. The molecule has 8 heteroatoms. The van der Waals surface area contributed by atoms with Crippen LogP contribution in [0.5, 0.6) is 0 Å². The third-order valence-corrected chi connectivity index (χ3v) is 5.45. The zero-order valence-corrected chi connectivity index (χ0v) is 15.7. The van der Waals surface area contributed by atoms with E-state index in [2.05, 4.69) is 9.97 Å². The summed E-state index contributed by atoms with van der Waals surface area (Å²) in [7, 11) is 0. The maximum Gasteiger partial charge on any atom is 0.322 e. The van der Waals surface area contributed by atoms with Crippen LogP contribution in [-0.4, -0.2) is 51.0 Å². The highest BCUT2D eigenvalue weighted by atomic mass is 16.5. The van der Waals surface area contributed by atoms with Crippen LogP contribution >= 0.6 is 0 Å². The third kappa shape index (κ3) is 3.97. The number of ether oxygens (including phenoxy) is 1. The Bertz CT molecular complexity index is 736. The normalized spacial score (nSPS) is 28.1. The molecule has 1 fully saturated rings. The van der Waals surface area contributed by atoms with Gasteiger partial charge in [0.15, 0.2) is 0 Å². The van der Waals surface area contributed by atoms with Crippen LogP contribution in [0.15, 0.2) is 12.4 Å². The molecule has 1 aromatic heterocycles. The van der Waals surface area contributed by atoms with Crippen molar-refractivity contribution in [2.45, 2.75) is 51.4 Å². The van der Waals surface area contributed by atoms with Crippen LogP contribution < -0.4 is 11.5 Å². The molecule has 0 spiro atoms. The van der Waals surface area contributed by atoms with Gasteiger partial charge < -0.3 is 26.4 Å². The summed E-state index contributed by atoms with van der Waals surface area (Å²) in [5.41, 5.74) is 14.2. The molecule has 1 aromatic rings. The molecule has 0 amide bonds. The van der Waals surface area contributed by atoms with Crippen molar-refractivity contribution in [3.05, 3.63) is 23.7 Å². The Kier molecular flexibility index (Phi) is 5.78. The molecule has 1 saturated carbocycles. The van der Waals surface area contributed by atoms with E-state index in [0.717, 1.165) is 16.8 Å². The highest BCUT2D eigenvalue weighted by Gasteiger charge is 2.45. The molecule has 0 saturated heterocycles. The monoisotopic (exact) mass is 376 g/mol. The second-order valence-electron chi connectivity index (χ2n) is 7.90. The first-order chi connectivity index (χ1) is 12.8. The summed E-state index contributed by atoms with van der Waals surface area (Å²) in [6.45, 7) is 4.00. The highest BCUT2D eigenvalue weighted by molar-refractivity contribution is 5.76. The van der Waals surface area contributed by atoms with E-state index in [1.165, 1.54) is 6.33 Å². The highest BCUT2D eigenvalue weighted by Crippen LogP contribution is 2.43. The number of carbonyl (C=O) groups excluding carboxylic acids is 1. The van der Waals surface area contributed by atoms with Crippen molar-refractivity contribution in [3.63, 3.8) is 0 Å². The first-order valence-corrected chi connectivity index (χ1v) is 9.37. The lowest BCUT2D eigenvalue weighted by Gasteiger charge is -2.19. The van der Waals surface area contributed by atoms with Gasteiger partial charge in [-0.3, -0.25) is 4.79 Å². The Balaban J connectivity index is 1.64. The Morgan fingerprint density at radius 1 is 1.33 bits per heavy atom. The summed E-state index contributed by atoms with van der Waals surface area (Å²) in [5, 5.41) is 21.0. The smallest absolute Gasteiger partial charge is 0.322 e. The lowest BCUT2D eigenvalue weighted by Crippen LogP contribution is -2.36. The summed E-state index contributed by atoms with van der Waals surface area (Å²) in [4.78, 5) is 20.3. The van der Waals surface area contributed by atoms with Gasteiger partial charge in [0.05, 0.1) is 24.5 Å². The number of aromatic nitrogens is 2. The largest absolute Gasteiger partial charge is 0.464 e. The number of nitrogens with zero attached hydrogens (tertiary/aromatic N) is 2. The minimum absolute atomic E-state index is 0.0331. The number of nitrogen functional groups attached to an aromatic ring is 1. The maximum atomic E-state index is 12.0. The molecule has 0 aliphatic heterocycles. The van der Waals surface area contributed by atoms with Crippen LogP contribution in [0, 0.1) is 17.8 Å². The van der Waals surface area contributed by atoms with Crippen molar-refractivity contribution in [1.82, 2.24) is 9.97 Å². The minimum atomic E-state index is -0.978. The second kappa shape index (κ2) is 7.92. The molecule has 8 nitrogen and oxygen atoms in total. The number of aliphatic hydroxyl groups is 2. The van der Waals surface area contributed by atoms with Gasteiger partial charge in [0.2, 0.25) is 0 Å². The van der Waals surface area contributed by atoms with Crippen molar-refractivity contribution in [1.29, 1.82) is 0 Å². The third-order valence-electron chi connectivity index (χ3n) is 5.45. The van der Waals surface area contributed by atoms with Crippen LogP contribution in [0.3, 0.4) is 0 Å². The summed E-state index contributed by atoms with van der Waals surface area (Å²) in [6, 6.07) is -0.673. The predicted molar refractivity (Wildman–Crippen MR) is 100 cm³/mol. The van der Waals surface area contributed by atoms with Gasteiger partial charge >= 0.3 is 5.97 Å². The van der Waals surface area contributed by atoms with E-state index in [1.54, 1.807) is 0 Å². The SMILES string of the molecule is CC(C)C[C@H](N)C(=O)OC[C@H]1C[C@@H](C2=CCc3c(N)ncnc32)[C@H](O)[C@@H]1O. The molecule has 1 heterocycles. The molecule has 2 aliphatic carbocycles. The van der Waals surface area contributed by atoms with Crippen molar-refractivity contribution in [3.8, 4) is 0 Å². The van der Waals surface area contributed by atoms with Crippen molar-refractivity contribution >= 4 is 17.4 Å². The fraction of sp³-hybridized carbons (Fsp3) is 0.632. The Morgan fingerprint density at radius 3 is 2.78 bits per heavy atom. The maximum absolute atomic E-state index is 12.0. The first-order valence-electron chi connectivity index (χ1n) is 9.37. The predicted octanol–water partition coefficient (Wildman–Crippen LogP) is 0.273. The molecule has 3 rings (SSSR count). The zero-order valence-electron chi connectivity index (χ0n) is 15.7. The van der Waals surface area contributed by atoms with Gasteiger partial charge in [-0.05, 0) is 30.8 Å². The van der Waals surface area contributed by atoms with E-state index >= 15 is 0 Å². The Hall–Kier alpha value is -2.03. The number of allylic oxidation sites excluding steroid dienone is 1. The van der Waals surface area contributed by atoms with Gasteiger partial charge in [-0.25, -0.2) is 9.97 Å². The molecule has 6 N–H and O–H groups in total. The number of hydrogen-bond acceptors (Lipinski definition) is 8. The average Bonchev–Trinajstić information content (AvgIpc) is 3.16. The number of hydrogen-bond donors (Lipinski definition) is 4. The fourth-order valence-electron chi connectivity index (χ4n) is 4.01. The molecule has 148 valence electrons. The van der Waals surface area contributed by atoms with Gasteiger partial charge in [-0.1, -0.05) is 19.9 Å². The van der Waals surface area contributed by atoms with E-state index in [-0.39, 0.29) is 18.4 Å². The van der Waals surface area contributed by atoms with E-state index in [4.69, 9.17) is 16.2 Å². The molecule has 0 aromatic carbocycles. The Labute approximate surface area is 158 Å². The lowest BCUT2D eigenvalue weighted by molar-refractivity contribution is -0.148. The fourth-order valence-corrected chi connectivity index (χ4v) is 4.01. The number of anilines is 1. The molecular weight excluding hydrogens is 348 g/mol. The molecule has 5 atom stereocenters. The average molecular weight is 376 g/mol. The van der Waals surface area contributed by atoms with E-state index in [1.807, 2.05) is 19.9 Å². The van der Waals surface area contributed by atoms with Crippen molar-refractivity contribution in [2.24, 2.45) is 23.5 Å². The number of esters is 1. The van der Waals surface area contributed by atoms with Crippen molar-refractivity contribution < 1.29 is 19.7 Å². The van der Waals surface area contributed by atoms with Gasteiger partial charge in [0.1, 0.15) is 18.2 Å². The van der Waals surface area contributed by atoms with Gasteiger partial charge in [-0.2, -0.15) is 0 Å². The summed E-state index contributed by atoms with van der Waals surface area (Å²) in [6.07, 6.45) is 3.09. The number of rotatable bonds is 6. The Morgan fingerprint density at radius 2 is 2.07 bits per heavy atom. The van der Waals surface area contributed by atoms with Crippen LogP contribution in [0.2, 0.25) is 0 Å². The van der Waals surface area contributed by atoms with Crippen LogP contribution in [0.4, 0.5) is 5.82 Å². The number of nitrogens with two attached hydrogens (primary N) is 2. The molecule has 2 aliphatic rings. The van der Waals surface area contributed by atoms with E-state index in [0.29, 0.717) is 31.0 Å². The van der Waals surface area contributed by atoms with Crippen LogP contribution in [0.1, 0.15) is 37.9 Å². The van der Waals surface area contributed by atoms with E-state index < -0.39 is 24.2 Å². The summed E-state index contributed by atoms with van der Waals surface area (Å²) < 4.78 is 5.31. The van der Waals surface area contributed by atoms with E-state index in [9.17, 15) is 15.0 Å². The minimum Gasteiger partial charge on any atom is -0.464 e. The summed E-state index contributed by atoms with van der Waals surface area (Å²) in [5.74, 6) is -0.392.